The molecule has 0 bridgehead atoms. The van der Waals surface area contributed by atoms with Crippen LogP contribution in [0.25, 0.3) is 5.65 Å². The van der Waals surface area contributed by atoms with Gasteiger partial charge in [0.15, 0.2) is 0 Å². The van der Waals surface area contributed by atoms with Crippen molar-refractivity contribution >= 4 is 17.2 Å². The molecule has 1 aromatic carbocycles. The van der Waals surface area contributed by atoms with Crippen LogP contribution in [0.2, 0.25) is 0 Å². The van der Waals surface area contributed by atoms with E-state index in [4.69, 9.17) is 9.47 Å². The van der Waals surface area contributed by atoms with Crippen molar-refractivity contribution < 1.29 is 14.3 Å². The number of aromatic nitrogens is 2. The Morgan fingerprint density at radius 3 is 2.79 bits per heavy atom. The number of aryl methyl sites for hydroxylation is 1. The minimum atomic E-state index is -0.110. The Kier molecular flexibility index (Phi) is 4.37. The lowest BCUT2D eigenvalue weighted by molar-refractivity contribution is -0.115. The summed E-state index contributed by atoms with van der Waals surface area (Å²) in [5.74, 6) is 1.21. The second kappa shape index (κ2) is 6.62. The molecule has 0 unspecified atom stereocenters. The number of fused-ring (bicyclic) bond motifs is 1. The number of amides is 1. The maximum atomic E-state index is 12.4. The Bertz CT molecular complexity index is 886. The highest BCUT2D eigenvalue weighted by atomic mass is 16.5. The van der Waals surface area contributed by atoms with Gasteiger partial charge >= 0.3 is 0 Å². The highest BCUT2D eigenvalue weighted by Gasteiger charge is 2.12. The van der Waals surface area contributed by atoms with Crippen molar-refractivity contribution in [1.82, 2.24) is 9.38 Å². The van der Waals surface area contributed by atoms with Gasteiger partial charge in [0.05, 0.1) is 26.3 Å². The molecule has 24 heavy (non-hydrogen) atoms. The number of hydrogen-bond donors (Lipinski definition) is 1. The van der Waals surface area contributed by atoms with Crippen molar-refractivity contribution in [3.63, 3.8) is 0 Å². The van der Waals surface area contributed by atoms with Gasteiger partial charge in [-0.2, -0.15) is 0 Å². The number of carbonyl (C=O) groups is 1. The zero-order valence-electron chi connectivity index (χ0n) is 13.9. The molecule has 0 aliphatic carbocycles. The quantitative estimate of drug-likeness (QED) is 0.783. The largest absolute Gasteiger partial charge is 0.497 e. The van der Waals surface area contributed by atoms with Crippen LogP contribution < -0.4 is 14.8 Å². The van der Waals surface area contributed by atoms with E-state index in [2.05, 4.69) is 10.3 Å². The molecule has 1 amide bonds. The first kappa shape index (κ1) is 15.9. The van der Waals surface area contributed by atoms with E-state index in [1.807, 2.05) is 41.8 Å². The molecule has 0 spiro atoms. The molecule has 124 valence electrons. The van der Waals surface area contributed by atoms with Crippen LogP contribution in [0.4, 0.5) is 5.69 Å². The number of ether oxygens (including phenoxy) is 2. The molecule has 3 aromatic rings. The predicted octanol–water partition coefficient (Wildman–Crippen LogP) is 2.84. The van der Waals surface area contributed by atoms with Crippen molar-refractivity contribution in [2.75, 3.05) is 19.5 Å². The van der Waals surface area contributed by atoms with Gasteiger partial charge in [-0.3, -0.25) is 4.79 Å². The summed E-state index contributed by atoms with van der Waals surface area (Å²) in [4.78, 5) is 16.6. The Hall–Kier alpha value is -3.02. The van der Waals surface area contributed by atoms with Crippen LogP contribution in [-0.4, -0.2) is 29.5 Å². The first-order chi connectivity index (χ1) is 11.6. The van der Waals surface area contributed by atoms with E-state index >= 15 is 0 Å². The van der Waals surface area contributed by atoms with Crippen molar-refractivity contribution in [1.29, 1.82) is 0 Å². The van der Waals surface area contributed by atoms with E-state index in [1.165, 1.54) is 0 Å². The molecule has 2 heterocycles. The zero-order chi connectivity index (χ0) is 17.1. The smallest absolute Gasteiger partial charge is 0.228 e. The van der Waals surface area contributed by atoms with Gasteiger partial charge in [-0.15, -0.1) is 0 Å². The molecule has 2 aromatic heterocycles. The van der Waals surface area contributed by atoms with Crippen LogP contribution >= 0.6 is 0 Å². The lowest BCUT2D eigenvalue weighted by Crippen LogP contribution is -2.16. The van der Waals surface area contributed by atoms with E-state index in [1.54, 1.807) is 26.5 Å². The van der Waals surface area contributed by atoms with Crippen molar-refractivity contribution in [3.05, 3.63) is 54.0 Å². The average molecular weight is 325 g/mol. The Morgan fingerprint density at radius 1 is 1.21 bits per heavy atom. The molecule has 0 aliphatic heterocycles. The van der Waals surface area contributed by atoms with Gasteiger partial charge in [-0.1, -0.05) is 6.07 Å². The van der Waals surface area contributed by atoms with E-state index in [0.717, 1.165) is 22.6 Å². The maximum absolute atomic E-state index is 12.4. The molecule has 0 saturated carbocycles. The van der Waals surface area contributed by atoms with Gasteiger partial charge in [-0.25, -0.2) is 4.98 Å². The monoisotopic (exact) mass is 325 g/mol. The summed E-state index contributed by atoms with van der Waals surface area (Å²) in [7, 11) is 3.17. The van der Waals surface area contributed by atoms with Crippen molar-refractivity contribution in [2.24, 2.45) is 0 Å². The number of carbonyl (C=O) groups excluding carboxylic acids is 1. The van der Waals surface area contributed by atoms with Crippen LogP contribution in [0.3, 0.4) is 0 Å². The number of rotatable bonds is 5. The summed E-state index contributed by atoms with van der Waals surface area (Å²) in [5.41, 5.74) is 3.34. The van der Waals surface area contributed by atoms with Crippen LogP contribution in [0.5, 0.6) is 11.5 Å². The van der Waals surface area contributed by atoms with Gasteiger partial charge in [0, 0.05) is 29.7 Å². The van der Waals surface area contributed by atoms with Gasteiger partial charge in [-0.05, 0) is 25.1 Å². The third-order valence-corrected chi connectivity index (χ3v) is 3.94. The van der Waals surface area contributed by atoms with Gasteiger partial charge in [0.25, 0.3) is 0 Å². The summed E-state index contributed by atoms with van der Waals surface area (Å²) in [6.45, 7) is 1.94. The number of benzene rings is 1. The number of anilines is 1. The van der Waals surface area contributed by atoms with Crippen molar-refractivity contribution in [3.8, 4) is 11.5 Å². The van der Waals surface area contributed by atoms with Crippen LogP contribution in [0.15, 0.2) is 42.7 Å². The molecule has 0 aliphatic rings. The summed E-state index contributed by atoms with van der Waals surface area (Å²) in [6, 6.07) is 9.15. The molecule has 0 saturated heterocycles. The summed E-state index contributed by atoms with van der Waals surface area (Å²) in [6.07, 6.45) is 3.82. The summed E-state index contributed by atoms with van der Waals surface area (Å²) >= 11 is 0. The molecule has 6 heteroatoms. The highest BCUT2D eigenvalue weighted by molar-refractivity contribution is 5.93. The zero-order valence-corrected chi connectivity index (χ0v) is 13.9. The molecular formula is C18H19N3O3. The third-order valence-electron chi connectivity index (χ3n) is 3.94. The molecule has 0 radical (unpaired) electrons. The Balaban J connectivity index is 1.79. The molecule has 0 atom stereocenters. The molecule has 0 fully saturated rings. The van der Waals surface area contributed by atoms with Crippen molar-refractivity contribution in [2.45, 2.75) is 13.3 Å². The molecule has 6 nitrogen and oxygen atoms in total. The third kappa shape index (κ3) is 3.03. The number of nitrogens with one attached hydrogen (secondary N) is 1. The second-order valence-electron chi connectivity index (χ2n) is 5.39. The fraction of sp³-hybridized carbons (Fsp3) is 0.222. The molecule has 1 N–H and O–H groups in total. The topological polar surface area (TPSA) is 64.9 Å². The first-order valence-electron chi connectivity index (χ1n) is 7.56. The van der Waals surface area contributed by atoms with Gasteiger partial charge in [0.2, 0.25) is 5.91 Å². The lowest BCUT2D eigenvalue weighted by atomic mass is 10.1. The minimum Gasteiger partial charge on any atom is -0.497 e. The second-order valence-corrected chi connectivity index (χ2v) is 5.39. The van der Waals surface area contributed by atoms with Crippen LogP contribution in [0, 0.1) is 6.92 Å². The summed E-state index contributed by atoms with van der Waals surface area (Å²) in [5, 5.41) is 2.95. The fourth-order valence-electron chi connectivity index (χ4n) is 2.63. The number of hydrogen-bond acceptors (Lipinski definition) is 4. The number of methoxy groups -OCH3 is 2. The van der Waals surface area contributed by atoms with E-state index in [9.17, 15) is 4.79 Å². The Labute approximate surface area is 140 Å². The van der Waals surface area contributed by atoms with Gasteiger partial charge in [0.1, 0.15) is 17.1 Å². The number of imidazole rings is 1. The first-order valence-corrected chi connectivity index (χ1v) is 7.56. The fourth-order valence-corrected chi connectivity index (χ4v) is 2.63. The van der Waals surface area contributed by atoms with E-state index in [0.29, 0.717) is 11.5 Å². The van der Waals surface area contributed by atoms with Crippen LogP contribution in [-0.2, 0) is 11.2 Å². The van der Waals surface area contributed by atoms with E-state index in [-0.39, 0.29) is 12.3 Å². The SMILES string of the molecule is COc1ccc(CC(=O)Nc2ccc3nccn3c2C)c(OC)c1. The predicted molar refractivity (Wildman–Crippen MR) is 91.8 cm³/mol. The maximum Gasteiger partial charge on any atom is 0.228 e. The van der Waals surface area contributed by atoms with Gasteiger partial charge < -0.3 is 19.2 Å². The summed E-state index contributed by atoms with van der Waals surface area (Å²) < 4.78 is 12.4. The Morgan fingerprint density at radius 2 is 2.04 bits per heavy atom. The molecule has 3 rings (SSSR count). The number of nitrogens with zero attached hydrogens (tertiary/aromatic N) is 2. The van der Waals surface area contributed by atoms with E-state index < -0.39 is 0 Å². The number of pyridine rings is 1. The average Bonchev–Trinajstić information content (AvgIpc) is 3.07. The lowest BCUT2D eigenvalue weighted by Gasteiger charge is -2.12. The molecular weight excluding hydrogens is 306 g/mol. The highest BCUT2D eigenvalue weighted by Crippen LogP contribution is 2.25. The minimum absolute atomic E-state index is 0.110. The normalized spacial score (nSPS) is 10.6. The standard InChI is InChI=1S/C18H19N3O3/c1-12-15(6-7-17-19-8-9-21(12)17)20-18(22)10-13-4-5-14(23-2)11-16(13)24-3/h4-9,11H,10H2,1-3H3,(H,20,22). The van der Waals surface area contributed by atoms with Crippen LogP contribution in [0.1, 0.15) is 11.3 Å².